The van der Waals surface area contributed by atoms with Gasteiger partial charge in [0.1, 0.15) is 0 Å². The minimum atomic E-state index is -3.59. The fourth-order valence-corrected chi connectivity index (χ4v) is 2.76. The highest BCUT2D eigenvalue weighted by Gasteiger charge is 2.17. The highest BCUT2D eigenvalue weighted by molar-refractivity contribution is 7.89. The van der Waals surface area contributed by atoms with Gasteiger partial charge in [0.25, 0.3) is 0 Å². The number of nitrogens with one attached hydrogen (secondary N) is 4. The second-order valence-corrected chi connectivity index (χ2v) is 7.17. The number of halogens is 1. The Morgan fingerprint density at radius 1 is 1.24 bits per heavy atom. The van der Waals surface area contributed by atoms with Crippen LogP contribution in [0.15, 0.2) is 23.1 Å². The van der Waals surface area contributed by atoms with E-state index in [1.165, 1.54) is 19.2 Å². The van der Waals surface area contributed by atoms with Crippen LogP contribution >= 0.6 is 12.4 Å². The number of ether oxygens (including phenoxy) is 1. The molecule has 25 heavy (non-hydrogen) atoms. The van der Waals surface area contributed by atoms with Crippen LogP contribution in [-0.4, -0.2) is 55.2 Å². The lowest BCUT2D eigenvalue weighted by molar-refractivity contribution is -0.119. The molecule has 0 radical (unpaired) electrons. The molecular weight excluding hydrogens is 368 g/mol. The lowest BCUT2D eigenvalue weighted by Crippen LogP contribution is -2.29. The summed E-state index contributed by atoms with van der Waals surface area (Å²) in [7, 11) is 1.10. The van der Waals surface area contributed by atoms with Crippen molar-refractivity contribution in [2.45, 2.75) is 11.8 Å². The molecule has 0 aliphatic heterocycles. The van der Waals surface area contributed by atoms with Gasteiger partial charge < -0.3 is 20.7 Å². The van der Waals surface area contributed by atoms with Crippen LogP contribution in [0.2, 0.25) is 0 Å². The van der Waals surface area contributed by atoms with E-state index in [0.717, 1.165) is 0 Å². The molecule has 0 aliphatic carbocycles. The van der Waals surface area contributed by atoms with Gasteiger partial charge in [-0.1, -0.05) is 6.92 Å². The van der Waals surface area contributed by atoms with Gasteiger partial charge in [-0.25, -0.2) is 13.1 Å². The highest BCUT2D eigenvalue weighted by atomic mass is 35.5. The minimum Gasteiger partial charge on any atom is -0.383 e. The molecule has 0 aliphatic rings. The largest absolute Gasteiger partial charge is 0.383 e. The molecular formula is C15H27ClN4O4S. The molecule has 4 N–H and O–H groups in total. The number of methoxy groups -OCH3 is 1. The molecule has 0 bridgehead atoms. The zero-order valence-electron chi connectivity index (χ0n) is 14.9. The number of sulfonamides is 1. The standard InChI is InChI=1S/C15H26N4O4S.ClH/c1-11(10-16-2)15(20)19-14-9-12(24(21,22)17-3)5-6-13(14)18-7-8-23-4;/h5-6,9,11,16-18H,7-8,10H2,1-4H3,(H,19,20);1H. The van der Waals surface area contributed by atoms with E-state index in [9.17, 15) is 13.2 Å². The molecule has 1 amide bonds. The van der Waals surface area contributed by atoms with Gasteiger partial charge >= 0.3 is 0 Å². The van der Waals surface area contributed by atoms with E-state index in [4.69, 9.17) is 4.74 Å². The summed E-state index contributed by atoms with van der Waals surface area (Å²) < 4.78 is 31.2. The maximum absolute atomic E-state index is 12.2. The van der Waals surface area contributed by atoms with Crippen molar-refractivity contribution < 1.29 is 17.9 Å². The van der Waals surface area contributed by atoms with E-state index in [0.29, 0.717) is 31.1 Å². The van der Waals surface area contributed by atoms with Crippen molar-refractivity contribution in [3.8, 4) is 0 Å². The first kappa shape index (κ1) is 23.6. The third-order valence-electron chi connectivity index (χ3n) is 3.41. The van der Waals surface area contributed by atoms with Gasteiger partial charge in [-0.2, -0.15) is 0 Å². The highest BCUT2D eigenvalue weighted by Crippen LogP contribution is 2.26. The molecule has 1 unspecified atom stereocenters. The molecule has 0 heterocycles. The number of amides is 1. The number of benzene rings is 1. The molecule has 8 nitrogen and oxygen atoms in total. The first-order chi connectivity index (χ1) is 11.4. The van der Waals surface area contributed by atoms with Crippen molar-refractivity contribution in [2.75, 3.05) is 51.5 Å². The topological polar surface area (TPSA) is 109 Å². The van der Waals surface area contributed by atoms with Gasteiger partial charge in [0.05, 0.1) is 22.9 Å². The SMILES string of the molecule is CNCC(C)C(=O)Nc1cc(S(=O)(=O)NC)ccc1NCCOC.Cl. The lowest BCUT2D eigenvalue weighted by Gasteiger charge is -2.17. The second kappa shape index (κ2) is 11.3. The van der Waals surface area contributed by atoms with Crippen molar-refractivity contribution >= 4 is 39.7 Å². The van der Waals surface area contributed by atoms with Crippen LogP contribution in [0.4, 0.5) is 11.4 Å². The Balaban J connectivity index is 0.00000576. The van der Waals surface area contributed by atoms with Crippen LogP contribution in [0.25, 0.3) is 0 Å². The predicted octanol–water partition coefficient (Wildman–Crippen LogP) is 0.869. The molecule has 1 aromatic rings. The van der Waals surface area contributed by atoms with Gasteiger partial charge in [0.15, 0.2) is 0 Å². The Bertz CT molecular complexity index is 655. The van der Waals surface area contributed by atoms with Crippen molar-refractivity contribution in [3.05, 3.63) is 18.2 Å². The molecule has 1 rings (SSSR count). The van der Waals surface area contributed by atoms with E-state index in [-0.39, 0.29) is 29.1 Å². The Morgan fingerprint density at radius 2 is 1.92 bits per heavy atom. The van der Waals surface area contributed by atoms with Gasteiger partial charge in [0.2, 0.25) is 15.9 Å². The molecule has 0 spiro atoms. The predicted molar refractivity (Wildman–Crippen MR) is 102 cm³/mol. The number of hydrogen-bond acceptors (Lipinski definition) is 6. The summed E-state index contributed by atoms with van der Waals surface area (Å²) in [4.78, 5) is 12.3. The average molecular weight is 395 g/mol. The smallest absolute Gasteiger partial charge is 0.240 e. The zero-order valence-corrected chi connectivity index (χ0v) is 16.5. The van der Waals surface area contributed by atoms with E-state index in [1.807, 2.05) is 0 Å². The second-order valence-electron chi connectivity index (χ2n) is 5.28. The van der Waals surface area contributed by atoms with Gasteiger partial charge in [-0.15, -0.1) is 12.4 Å². The van der Waals surface area contributed by atoms with Gasteiger partial charge in [-0.3, -0.25) is 4.79 Å². The Kier molecular flexibility index (Phi) is 10.6. The number of anilines is 2. The van der Waals surface area contributed by atoms with Crippen molar-refractivity contribution in [1.82, 2.24) is 10.0 Å². The molecule has 10 heteroatoms. The van der Waals surface area contributed by atoms with Crippen LogP contribution in [0.3, 0.4) is 0 Å². The summed E-state index contributed by atoms with van der Waals surface area (Å²) in [5.41, 5.74) is 1.04. The summed E-state index contributed by atoms with van der Waals surface area (Å²) in [5.74, 6) is -0.454. The van der Waals surface area contributed by atoms with Crippen LogP contribution < -0.4 is 20.7 Å². The summed E-state index contributed by atoms with van der Waals surface area (Å²) in [6.07, 6.45) is 0. The molecule has 144 valence electrons. The quantitative estimate of drug-likeness (QED) is 0.438. The van der Waals surface area contributed by atoms with E-state index < -0.39 is 10.0 Å². The third kappa shape index (κ3) is 7.17. The van der Waals surface area contributed by atoms with Crippen molar-refractivity contribution in [3.63, 3.8) is 0 Å². The van der Waals surface area contributed by atoms with Gasteiger partial charge in [0, 0.05) is 26.1 Å². The minimum absolute atomic E-state index is 0. The number of carbonyl (C=O) groups is 1. The molecule has 0 saturated heterocycles. The first-order valence-corrected chi connectivity index (χ1v) is 9.10. The maximum Gasteiger partial charge on any atom is 0.240 e. The van der Waals surface area contributed by atoms with E-state index in [1.54, 1.807) is 27.1 Å². The van der Waals surface area contributed by atoms with Crippen LogP contribution in [-0.2, 0) is 19.6 Å². The van der Waals surface area contributed by atoms with Crippen LogP contribution in [0.1, 0.15) is 6.92 Å². The maximum atomic E-state index is 12.2. The van der Waals surface area contributed by atoms with Crippen molar-refractivity contribution in [1.29, 1.82) is 0 Å². The fourth-order valence-electron chi connectivity index (χ4n) is 2.01. The van der Waals surface area contributed by atoms with E-state index in [2.05, 4.69) is 20.7 Å². The Labute approximate surface area is 155 Å². The van der Waals surface area contributed by atoms with Crippen molar-refractivity contribution in [2.24, 2.45) is 5.92 Å². The zero-order chi connectivity index (χ0) is 18.2. The lowest BCUT2D eigenvalue weighted by atomic mass is 10.1. The molecule has 1 aromatic carbocycles. The molecule has 0 aromatic heterocycles. The number of hydrogen-bond donors (Lipinski definition) is 4. The number of rotatable bonds is 10. The molecule has 1 atom stereocenters. The normalized spacial score (nSPS) is 12.2. The van der Waals surface area contributed by atoms with Crippen LogP contribution in [0, 0.1) is 5.92 Å². The summed E-state index contributed by atoms with van der Waals surface area (Å²) in [6, 6.07) is 4.54. The summed E-state index contributed by atoms with van der Waals surface area (Å²) in [5, 5.41) is 8.84. The Hall–Kier alpha value is -1.39. The first-order valence-electron chi connectivity index (χ1n) is 7.61. The van der Waals surface area contributed by atoms with E-state index >= 15 is 0 Å². The monoisotopic (exact) mass is 394 g/mol. The fraction of sp³-hybridized carbons (Fsp3) is 0.533. The third-order valence-corrected chi connectivity index (χ3v) is 4.82. The Morgan fingerprint density at radius 3 is 2.48 bits per heavy atom. The summed E-state index contributed by atoms with van der Waals surface area (Å²) in [6.45, 7) is 3.33. The summed E-state index contributed by atoms with van der Waals surface area (Å²) >= 11 is 0. The van der Waals surface area contributed by atoms with Crippen LogP contribution in [0.5, 0.6) is 0 Å². The molecule has 0 saturated carbocycles. The molecule has 0 fully saturated rings. The average Bonchev–Trinajstić information content (AvgIpc) is 2.56. The van der Waals surface area contributed by atoms with Gasteiger partial charge in [-0.05, 0) is 32.3 Å². The number of carbonyl (C=O) groups excluding carboxylic acids is 1.